The maximum absolute atomic E-state index is 13.7. The fourth-order valence-electron chi connectivity index (χ4n) is 4.28. The van der Waals surface area contributed by atoms with E-state index in [2.05, 4.69) is 15.6 Å². The zero-order valence-electron chi connectivity index (χ0n) is 18.9. The predicted octanol–water partition coefficient (Wildman–Crippen LogP) is 4.24. The summed E-state index contributed by atoms with van der Waals surface area (Å²) in [7, 11) is 0. The lowest BCUT2D eigenvalue weighted by Gasteiger charge is -2.35. The Balaban J connectivity index is 1.43. The molecule has 1 atom stereocenters. The van der Waals surface area contributed by atoms with Crippen LogP contribution in [0.25, 0.3) is 0 Å². The fraction of sp³-hybridized carbons (Fsp3) is 0.185. The molecule has 1 unspecified atom stereocenters. The van der Waals surface area contributed by atoms with Crippen molar-refractivity contribution < 1.29 is 9.59 Å². The van der Waals surface area contributed by atoms with Gasteiger partial charge in [0.2, 0.25) is 5.91 Å². The molecule has 2 amide bonds. The second kappa shape index (κ2) is 9.31. The van der Waals surface area contributed by atoms with Crippen LogP contribution in [0.3, 0.4) is 0 Å². The standard InChI is InChI=1S/C27H25N5O2/c1-19-11-14-22(15-12-19)28-26(33)25-16-13-21-9-5-6-10-24(21)32(25)27(34)23-18-31(30-29-23)17-20-7-3-2-4-8-20/h2-12,14-15,18,25H,13,16-17H2,1H3,(H,28,33). The van der Waals surface area contributed by atoms with E-state index in [-0.39, 0.29) is 17.5 Å². The van der Waals surface area contributed by atoms with Gasteiger partial charge in [-0.3, -0.25) is 14.5 Å². The number of carbonyl (C=O) groups is 2. The van der Waals surface area contributed by atoms with Crippen molar-refractivity contribution in [2.24, 2.45) is 0 Å². The Kier molecular flexibility index (Phi) is 5.91. The molecule has 5 rings (SSSR count). The van der Waals surface area contributed by atoms with Crippen LogP contribution >= 0.6 is 0 Å². The number of aryl methyl sites for hydroxylation is 2. The number of fused-ring (bicyclic) bond motifs is 1. The van der Waals surface area contributed by atoms with Crippen LogP contribution in [0.2, 0.25) is 0 Å². The number of aromatic nitrogens is 3. The van der Waals surface area contributed by atoms with Crippen molar-refractivity contribution in [1.82, 2.24) is 15.0 Å². The van der Waals surface area contributed by atoms with Crippen LogP contribution in [-0.4, -0.2) is 32.9 Å². The summed E-state index contributed by atoms with van der Waals surface area (Å²) in [6.07, 6.45) is 2.88. The largest absolute Gasteiger partial charge is 0.324 e. The van der Waals surface area contributed by atoms with Crippen LogP contribution in [0, 0.1) is 6.92 Å². The number of carbonyl (C=O) groups excluding carboxylic acids is 2. The fourth-order valence-corrected chi connectivity index (χ4v) is 4.28. The average molecular weight is 452 g/mol. The molecule has 7 nitrogen and oxygen atoms in total. The summed E-state index contributed by atoms with van der Waals surface area (Å²) in [5, 5.41) is 11.3. The lowest BCUT2D eigenvalue weighted by atomic mass is 9.94. The van der Waals surface area contributed by atoms with E-state index < -0.39 is 6.04 Å². The molecule has 0 bridgehead atoms. The lowest BCUT2D eigenvalue weighted by Crippen LogP contribution is -2.50. The van der Waals surface area contributed by atoms with E-state index in [1.807, 2.05) is 85.8 Å². The maximum atomic E-state index is 13.7. The third-order valence-electron chi connectivity index (χ3n) is 6.04. The number of para-hydroxylation sites is 1. The summed E-state index contributed by atoms with van der Waals surface area (Å²) in [4.78, 5) is 28.5. The molecule has 1 N–H and O–H groups in total. The van der Waals surface area contributed by atoms with Crippen molar-refractivity contribution in [2.45, 2.75) is 32.4 Å². The molecule has 0 aliphatic carbocycles. The zero-order chi connectivity index (χ0) is 23.5. The molecule has 4 aromatic rings. The van der Waals surface area contributed by atoms with Crippen molar-refractivity contribution in [2.75, 3.05) is 10.2 Å². The first-order valence-corrected chi connectivity index (χ1v) is 11.3. The minimum absolute atomic E-state index is 0.209. The number of amides is 2. The van der Waals surface area contributed by atoms with Crippen molar-refractivity contribution in [3.8, 4) is 0 Å². The quantitative estimate of drug-likeness (QED) is 0.492. The SMILES string of the molecule is Cc1ccc(NC(=O)C2CCc3ccccc3N2C(=O)c2cn(Cc3ccccc3)nn2)cc1. The first kappa shape index (κ1) is 21.6. The molecule has 170 valence electrons. The van der Waals surface area contributed by atoms with Gasteiger partial charge in [0.15, 0.2) is 5.69 Å². The Hall–Kier alpha value is -4.26. The van der Waals surface area contributed by atoms with Crippen molar-refractivity contribution in [3.63, 3.8) is 0 Å². The van der Waals surface area contributed by atoms with Crippen LogP contribution in [0.5, 0.6) is 0 Å². The second-order valence-electron chi connectivity index (χ2n) is 8.50. The third-order valence-corrected chi connectivity index (χ3v) is 6.04. The molecule has 1 aliphatic heterocycles. The van der Waals surface area contributed by atoms with E-state index >= 15 is 0 Å². The summed E-state index contributed by atoms with van der Waals surface area (Å²) < 4.78 is 1.64. The highest BCUT2D eigenvalue weighted by Gasteiger charge is 2.37. The highest BCUT2D eigenvalue weighted by molar-refractivity contribution is 6.11. The molecular weight excluding hydrogens is 426 g/mol. The summed E-state index contributed by atoms with van der Waals surface area (Å²) in [5.41, 5.74) is 4.86. The summed E-state index contributed by atoms with van der Waals surface area (Å²) in [5.74, 6) is -0.557. The smallest absolute Gasteiger partial charge is 0.281 e. The number of hydrogen-bond donors (Lipinski definition) is 1. The molecule has 0 saturated carbocycles. The molecule has 0 radical (unpaired) electrons. The van der Waals surface area contributed by atoms with Crippen molar-refractivity contribution in [1.29, 1.82) is 0 Å². The minimum Gasteiger partial charge on any atom is -0.324 e. The van der Waals surface area contributed by atoms with E-state index in [0.29, 0.717) is 25.1 Å². The summed E-state index contributed by atoms with van der Waals surface area (Å²) in [6, 6.07) is 24.5. The Morgan fingerprint density at radius 1 is 0.971 bits per heavy atom. The second-order valence-corrected chi connectivity index (χ2v) is 8.50. The van der Waals surface area contributed by atoms with Crippen LogP contribution < -0.4 is 10.2 Å². The Morgan fingerprint density at radius 3 is 2.50 bits per heavy atom. The van der Waals surface area contributed by atoms with Gasteiger partial charge in [-0.15, -0.1) is 5.10 Å². The molecule has 0 spiro atoms. The number of hydrogen-bond acceptors (Lipinski definition) is 4. The van der Waals surface area contributed by atoms with Gasteiger partial charge in [0.1, 0.15) is 6.04 Å². The molecule has 7 heteroatoms. The number of anilines is 2. The third kappa shape index (κ3) is 4.45. The Bertz CT molecular complexity index is 1310. The lowest BCUT2D eigenvalue weighted by molar-refractivity contribution is -0.117. The Labute approximate surface area is 198 Å². The van der Waals surface area contributed by atoms with E-state index in [0.717, 1.165) is 22.4 Å². The van der Waals surface area contributed by atoms with Crippen molar-refractivity contribution >= 4 is 23.2 Å². The zero-order valence-corrected chi connectivity index (χ0v) is 18.9. The number of nitrogens with one attached hydrogen (secondary N) is 1. The van der Waals surface area contributed by atoms with Gasteiger partial charge in [-0.1, -0.05) is 71.4 Å². The first-order chi connectivity index (χ1) is 16.6. The molecule has 34 heavy (non-hydrogen) atoms. The highest BCUT2D eigenvalue weighted by atomic mass is 16.2. The van der Waals surface area contributed by atoms with Crippen molar-refractivity contribution in [3.05, 3.63) is 107 Å². The molecule has 0 fully saturated rings. The van der Waals surface area contributed by atoms with Crippen LogP contribution in [-0.2, 0) is 17.8 Å². The van der Waals surface area contributed by atoms with E-state index in [1.54, 1.807) is 15.8 Å². The van der Waals surface area contributed by atoms with Gasteiger partial charge in [0.25, 0.3) is 5.91 Å². The van der Waals surface area contributed by atoms with Crippen LogP contribution in [0.4, 0.5) is 11.4 Å². The summed E-state index contributed by atoms with van der Waals surface area (Å²) >= 11 is 0. The van der Waals surface area contributed by atoms with E-state index in [1.165, 1.54) is 0 Å². The van der Waals surface area contributed by atoms with Crippen LogP contribution in [0.15, 0.2) is 85.1 Å². The minimum atomic E-state index is -0.650. The molecule has 3 aromatic carbocycles. The normalized spacial score (nSPS) is 15.0. The topological polar surface area (TPSA) is 80.1 Å². The highest BCUT2D eigenvalue weighted by Crippen LogP contribution is 2.32. The molecule has 2 heterocycles. The van der Waals surface area contributed by atoms with Gasteiger partial charge in [-0.25, -0.2) is 4.68 Å². The van der Waals surface area contributed by atoms with E-state index in [4.69, 9.17) is 0 Å². The molecule has 1 aliphatic rings. The maximum Gasteiger partial charge on any atom is 0.281 e. The van der Waals surface area contributed by atoms with Gasteiger partial charge < -0.3 is 5.32 Å². The van der Waals surface area contributed by atoms with Gasteiger partial charge in [-0.2, -0.15) is 0 Å². The van der Waals surface area contributed by atoms with Gasteiger partial charge in [-0.05, 0) is 49.1 Å². The van der Waals surface area contributed by atoms with Gasteiger partial charge in [0, 0.05) is 11.4 Å². The number of nitrogens with zero attached hydrogens (tertiary/aromatic N) is 4. The monoisotopic (exact) mass is 451 g/mol. The Morgan fingerprint density at radius 2 is 1.71 bits per heavy atom. The average Bonchev–Trinajstić information content (AvgIpc) is 3.33. The predicted molar refractivity (Wildman–Crippen MR) is 131 cm³/mol. The van der Waals surface area contributed by atoms with Gasteiger partial charge in [0.05, 0.1) is 12.7 Å². The first-order valence-electron chi connectivity index (χ1n) is 11.3. The van der Waals surface area contributed by atoms with E-state index in [9.17, 15) is 9.59 Å². The molecule has 0 saturated heterocycles. The van der Waals surface area contributed by atoms with Gasteiger partial charge >= 0.3 is 0 Å². The molecule has 1 aromatic heterocycles. The summed E-state index contributed by atoms with van der Waals surface area (Å²) in [6.45, 7) is 2.50. The number of benzene rings is 3. The number of rotatable bonds is 5. The molecular formula is C27H25N5O2. The van der Waals surface area contributed by atoms with Crippen LogP contribution in [0.1, 0.15) is 33.6 Å².